The maximum atomic E-state index is 12.0. The van der Waals surface area contributed by atoms with Gasteiger partial charge in [-0.25, -0.2) is 0 Å². The van der Waals surface area contributed by atoms with Crippen molar-refractivity contribution in [2.45, 2.75) is 39.2 Å². The largest absolute Gasteiger partial charge is 0.379 e. The summed E-state index contributed by atoms with van der Waals surface area (Å²) >= 11 is 0. The van der Waals surface area contributed by atoms with Gasteiger partial charge in [0.15, 0.2) is 11.5 Å². The summed E-state index contributed by atoms with van der Waals surface area (Å²) in [6, 6.07) is 3.86. The Morgan fingerprint density at radius 2 is 2.11 bits per heavy atom. The van der Waals surface area contributed by atoms with Gasteiger partial charge in [0.2, 0.25) is 5.91 Å². The molecule has 0 radical (unpaired) electrons. The van der Waals surface area contributed by atoms with Gasteiger partial charge in [-0.3, -0.25) is 4.79 Å². The van der Waals surface area contributed by atoms with E-state index in [4.69, 9.17) is 9.47 Å². The first-order valence-corrected chi connectivity index (χ1v) is 9.56. The molecule has 0 spiro atoms. The van der Waals surface area contributed by atoms with Crippen molar-refractivity contribution in [1.29, 1.82) is 0 Å². The lowest BCUT2D eigenvalue weighted by atomic mass is 10.3. The fraction of sp³-hybridized carbons (Fsp3) is 0.667. The average Bonchev–Trinajstić information content (AvgIpc) is 3.09. The third-order valence-electron chi connectivity index (χ3n) is 4.32. The van der Waals surface area contributed by atoms with E-state index in [1.165, 1.54) is 0 Å². The molecule has 1 aliphatic rings. The van der Waals surface area contributed by atoms with Crippen LogP contribution in [0, 0.1) is 0 Å². The molecule has 148 valence electrons. The Labute approximate surface area is 159 Å². The maximum Gasteiger partial charge on any atom is 0.220 e. The fourth-order valence-corrected chi connectivity index (χ4v) is 2.87. The highest BCUT2D eigenvalue weighted by molar-refractivity contribution is 5.76. The van der Waals surface area contributed by atoms with Gasteiger partial charge in [-0.05, 0) is 32.4 Å². The Balaban J connectivity index is 1.51. The van der Waals surface area contributed by atoms with Gasteiger partial charge < -0.3 is 19.7 Å². The minimum atomic E-state index is 0.000584. The smallest absolute Gasteiger partial charge is 0.220 e. The standard InChI is InChI=1S/C18H28N6O3/c1-14(2)27-11-3-8-19-18(25)7-6-16-21-20-15-4-5-17(22-24(15)16)23-9-12-26-13-10-23/h4-5,14H,3,6-13H2,1-2H3,(H,19,25). The number of carbonyl (C=O) groups is 1. The second-order valence-electron chi connectivity index (χ2n) is 6.80. The summed E-state index contributed by atoms with van der Waals surface area (Å²) in [4.78, 5) is 14.2. The van der Waals surface area contributed by atoms with Gasteiger partial charge in [-0.15, -0.1) is 15.3 Å². The second kappa shape index (κ2) is 9.61. The van der Waals surface area contributed by atoms with Crippen molar-refractivity contribution in [3.63, 3.8) is 0 Å². The zero-order valence-electron chi connectivity index (χ0n) is 16.1. The number of aryl methyl sites for hydroxylation is 1. The zero-order chi connectivity index (χ0) is 19.1. The Morgan fingerprint density at radius 1 is 1.30 bits per heavy atom. The monoisotopic (exact) mass is 376 g/mol. The van der Waals surface area contributed by atoms with Crippen LogP contribution in [0.15, 0.2) is 12.1 Å². The molecule has 1 saturated heterocycles. The number of hydrogen-bond donors (Lipinski definition) is 1. The number of carbonyl (C=O) groups excluding carboxylic acids is 1. The normalized spacial score (nSPS) is 14.9. The van der Waals surface area contributed by atoms with Gasteiger partial charge in [0.25, 0.3) is 0 Å². The number of morpholine rings is 1. The first-order valence-electron chi connectivity index (χ1n) is 9.56. The highest BCUT2D eigenvalue weighted by Gasteiger charge is 2.15. The van der Waals surface area contributed by atoms with Crippen LogP contribution < -0.4 is 10.2 Å². The SMILES string of the molecule is CC(C)OCCCNC(=O)CCc1nnc2ccc(N3CCOCC3)nn12. The number of aromatic nitrogens is 4. The van der Waals surface area contributed by atoms with Gasteiger partial charge in [0, 0.05) is 39.1 Å². The molecule has 0 bridgehead atoms. The lowest BCUT2D eigenvalue weighted by molar-refractivity contribution is -0.121. The summed E-state index contributed by atoms with van der Waals surface area (Å²) in [6.07, 6.45) is 1.88. The van der Waals surface area contributed by atoms with Crippen LogP contribution in [-0.4, -0.2) is 71.3 Å². The van der Waals surface area contributed by atoms with Crippen molar-refractivity contribution in [3.05, 3.63) is 18.0 Å². The van der Waals surface area contributed by atoms with E-state index in [0.29, 0.717) is 50.7 Å². The number of nitrogens with one attached hydrogen (secondary N) is 1. The van der Waals surface area contributed by atoms with Crippen molar-refractivity contribution in [2.24, 2.45) is 0 Å². The third-order valence-corrected chi connectivity index (χ3v) is 4.32. The second-order valence-corrected chi connectivity index (χ2v) is 6.80. The van der Waals surface area contributed by atoms with E-state index in [1.807, 2.05) is 26.0 Å². The molecule has 9 nitrogen and oxygen atoms in total. The van der Waals surface area contributed by atoms with E-state index < -0.39 is 0 Å². The van der Waals surface area contributed by atoms with Crippen LogP contribution in [0.4, 0.5) is 5.82 Å². The van der Waals surface area contributed by atoms with Crippen LogP contribution in [-0.2, 0) is 20.7 Å². The molecule has 0 unspecified atom stereocenters. The first-order chi connectivity index (χ1) is 13.1. The molecule has 0 atom stereocenters. The summed E-state index contributed by atoms with van der Waals surface area (Å²) < 4.78 is 12.6. The summed E-state index contributed by atoms with van der Waals surface area (Å²) in [5.74, 6) is 1.57. The Bertz CT molecular complexity index is 742. The molecule has 2 aromatic rings. The molecule has 1 aliphatic heterocycles. The average molecular weight is 376 g/mol. The van der Waals surface area contributed by atoms with Crippen LogP contribution >= 0.6 is 0 Å². The number of nitrogens with zero attached hydrogens (tertiary/aromatic N) is 5. The third kappa shape index (κ3) is 5.61. The van der Waals surface area contributed by atoms with Crippen molar-refractivity contribution in [3.8, 4) is 0 Å². The lowest BCUT2D eigenvalue weighted by Crippen LogP contribution is -2.37. The molecule has 2 aromatic heterocycles. The quantitative estimate of drug-likeness (QED) is 0.648. The summed E-state index contributed by atoms with van der Waals surface area (Å²) in [5.41, 5.74) is 0.688. The summed E-state index contributed by atoms with van der Waals surface area (Å²) in [6.45, 7) is 8.32. The number of rotatable bonds is 9. The first kappa shape index (κ1) is 19.5. The topological polar surface area (TPSA) is 93.9 Å². The molecule has 9 heteroatoms. The van der Waals surface area contributed by atoms with Crippen LogP contribution in [0.1, 0.15) is 32.5 Å². The molecule has 1 fully saturated rings. The van der Waals surface area contributed by atoms with Crippen molar-refractivity contribution >= 4 is 17.4 Å². The molecule has 3 heterocycles. The number of fused-ring (bicyclic) bond motifs is 1. The van der Waals surface area contributed by atoms with Crippen molar-refractivity contribution in [2.75, 3.05) is 44.4 Å². The van der Waals surface area contributed by atoms with Crippen LogP contribution in [0.5, 0.6) is 0 Å². The predicted octanol–water partition coefficient (Wildman–Crippen LogP) is 0.825. The Kier molecular flexibility index (Phi) is 6.94. The van der Waals surface area contributed by atoms with E-state index in [0.717, 1.165) is 25.3 Å². The van der Waals surface area contributed by atoms with E-state index >= 15 is 0 Å². The number of anilines is 1. The van der Waals surface area contributed by atoms with E-state index in [9.17, 15) is 4.79 Å². The van der Waals surface area contributed by atoms with E-state index in [2.05, 4.69) is 25.5 Å². The number of amides is 1. The molecule has 0 aliphatic carbocycles. The van der Waals surface area contributed by atoms with Gasteiger partial charge in [-0.2, -0.15) is 4.52 Å². The van der Waals surface area contributed by atoms with Gasteiger partial charge >= 0.3 is 0 Å². The van der Waals surface area contributed by atoms with Gasteiger partial charge in [0.05, 0.1) is 19.3 Å². The van der Waals surface area contributed by atoms with Crippen LogP contribution in [0.2, 0.25) is 0 Å². The molecule has 27 heavy (non-hydrogen) atoms. The Morgan fingerprint density at radius 3 is 2.89 bits per heavy atom. The van der Waals surface area contributed by atoms with Gasteiger partial charge in [0.1, 0.15) is 5.82 Å². The molecule has 0 saturated carbocycles. The van der Waals surface area contributed by atoms with Crippen molar-refractivity contribution in [1.82, 2.24) is 25.1 Å². The molecule has 1 N–H and O–H groups in total. The van der Waals surface area contributed by atoms with E-state index in [1.54, 1.807) is 4.52 Å². The van der Waals surface area contributed by atoms with E-state index in [-0.39, 0.29) is 12.0 Å². The highest BCUT2D eigenvalue weighted by atomic mass is 16.5. The maximum absolute atomic E-state index is 12.0. The number of ether oxygens (including phenoxy) is 2. The number of hydrogen-bond acceptors (Lipinski definition) is 7. The zero-order valence-corrected chi connectivity index (χ0v) is 16.1. The fourth-order valence-electron chi connectivity index (χ4n) is 2.87. The summed E-state index contributed by atoms with van der Waals surface area (Å²) in [5, 5.41) is 15.9. The highest BCUT2D eigenvalue weighted by Crippen LogP contribution is 2.14. The molecule has 1 amide bonds. The molecule has 3 rings (SSSR count). The van der Waals surface area contributed by atoms with Crippen molar-refractivity contribution < 1.29 is 14.3 Å². The minimum Gasteiger partial charge on any atom is -0.379 e. The lowest BCUT2D eigenvalue weighted by Gasteiger charge is -2.27. The summed E-state index contributed by atoms with van der Waals surface area (Å²) in [7, 11) is 0. The Hall–Kier alpha value is -2.26. The van der Waals surface area contributed by atoms with Crippen LogP contribution in [0.3, 0.4) is 0 Å². The predicted molar refractivity (Wildman–Crippen MR) is 101 cm³/mol. The molecule has 0 aromatic carbocycles. The molecular weight excluding hydrogens is 348 g/mol. The van der Waals surface area contributed by atoms with Crippen LogP contribution in [0.25, 0.3) is 5.65 Å². The minimum absolute atomic E-state index is 0.000584. The molecular formula is C18H28N6O3. The van der Waals surface area contributed by atoms with Gasteiger partial charge in [-0.1, -0.05) is 0 Å².